The lowest BCUT2D eigenvalue weighted by molar-refractivity contribution is -0.118. The van der Waals surface area contributed by atoms with E-state index in [0.29, 0.717) is 22.8 Å². The largest absolute Gasteiger partial charge is 0.647 e. The Morgan fingerprint density at radius 1 is 1.10 bits per heavy atom. The molecule has 10 heteroatoms. The van der Waals surface area contributed by atoms with E-state index in [2.05, 4.69) is 0 Å². The van der Waals surface area contributed by atoms with Crippen molar-refractivity contribution < 1.29 is 27.7 Å². The minimum Gasteiger partial charge on any atom is -0.384 e. The number of amides is 1. The van der Waals surface area contributed by atoms with Crippen molar-refractivity contribution in [2.75, 3.05) is 25.5 Å². The molecule has 5 rings (SSSR count). The number of Topliss-reactive ketones (excluding diaryl/α,β-unsaturated/α-hetero) is 1. The van der Waals surface area contributed by atoms with E-state index < -0.39 is 7.82 Å². The molecule has 0 fully saturated rings. The van der Waals surface area contributed by atoms with Gasteiger partial charge in [0.25, 0.3) is 0 Å². The fourth-order valence-corrected chi connectivity index (χ4v) is 6.19. The predicted molar refractivity (Wildman–Crippen MR) is 111 cm³/mol. The predicted octanol–water partition coefficient (Wildman–Crippen LogP) is 4.63. The van der Waals surface area contributed by atoms with Gasteiger partial charge in [-0.25, -0.2) is 0 Å². The van der Waals surface area contributed by atoms with Gasteiger partial charge >= 0.3 is 7.82 Å². The van der Waals surface area contributed by atoms with Gasteiger partial charge in [-0.2, -0.15) is 4.57 Å². The lowest BCUT2D eigenvalue weighted by Crippen LogP contribution is -2.31. The highest BCUT2D eigenvalue weighted by molar-refractivity contribution is 8.00. The minimum atomic E-state index is -3.90. The Bertz CT molecular complexity index is 1160. The van der Waals surface area contributed by atoms with Gasteiger partial charge < -0.3 is 18.5 Å². The summed E-state index contributed by atoms with van der Waals surface area (Å²) >= 11 is 1.37. The van der Waals surface area contributed by atoms with Gasteiger partial charge in [-0.05, 0) is 26.2 Å². The van der Waals surface area contributed by atoms with Crippen LogP contribution in [0, 0.1) is 0 Å². The number of nitrogens with zero attached hydrogens (tertiary/aromatic N) is 2. The maximum absolute atomic E-state index is 13.3. The molecule has 1 unspecified atom stereocenters. The lowest BCUT2D eigenvalue weighted by atomic mass is 10.0. The van der Waals surface area contributed by atoms with Crippen LogP contribution in [0.15, 0.2) is 34.1 Å². The molecule has 0 saturated carbocycles. The number of rotatable bonds is 5. The molecule has 0 N–H and O–H groups in total. The molecule has 1 amide bonds. The number of carbonyl (C=O) groups excluding carboxylic acids is 2. The third-order valence-corrected chi connectivity index (χ3v) is 7.44. The van der Waals surface area contributed by atoms with Gasteiger partial charge in [-0.15, -0.1) is 0 Å². The van der Waals surface area contributed by atoms with Crippen molar-refractivity contribution in [2.24, 2.45) is 0 Å². The summed E-state index contributed by atoms with van der Waals surface area (Å²) in [7, 11) is -0.104. The average Bonchev–Trinajstić information content (AvgIpc) is 2.94. The summed E-state index contributed by atoms with van der Waals surface area (Å²) in [5, 5.41) is 0. The summed E-state index contributed by atoms with van der Waals surface area (Å²) < 4.78 is 29.5. The first-order chi connectivity index (χ1) is 14.3. The molecule has 3 bridgehead atoms. The van der Waals surface area contributed by atoms with Crippen LogP contribution in [-0.4, -0.2) is 37.2 Å². The summed E-state index contributed by atoms with van der Waals surface area (Å²) in [5.41, 5.74) is 1.35. The average molecular weight is 446 g/mol. The van der Waals surface area contributed by atoms with Gasteiger partial charge in [0.05, 0.1) is 10.6 Å². The zero-order chi connectivity index (χ0) is 21.2. The Kier molecular flexibility index (Phi) is 4.39. The third kappa shape index (κ3) is 2.76. The number of phosphoric ester groups is 1. The first-order valence-corrected chi connectivity index (χ1v) is 11.8. The molecule has 0 radical (unpaired) electrons. The Labute approximate surface area is 177 Å². The summed E-state index contributed by atoms with van der Waals surface area (Å²) in [4.78, 5) is 30.8. The smallest absolute Gasteiger partial charge is 0.384 e. The quantitative estimate of drug-likeness (QED) is 0.485. The van der Waals surface area contributed by atoms with Gasteiger partial charge in [0, 0.05) is 24.3 Å². The van der Waals surface area contributed by atoms with Gasteiger partial charge in [0.1, 0.15) is 11.3 Å². The number of anilines is 2. The summed E-state index contributed by atoms with van der Waals surface area (Å²) in [6.07, 6.45) is 0.493. The van der Waals surface area contributed by atoms with E-state index in [-0.39, 0.29) is 47.3 Å². The fourth-order valence-electron chi connectivity index (χ4n) is 3.68. The fraction of sp³-hybridized carbons (Fsp3) is 0.300. The van der Waals surface area contributed by atoms with Crippen molar-refractivity contribution >= 4 is 42.6 Å². The molecule has 3 heterocycles. The van der Waals surface area contributed by atoms with Crippen LogP contribution in [0.25, 0.3) is 0 Å². The number of carbonyl (C=O) groups is 2. The number of benzene rings is 2. The number of ketones is 1. The van der Waals surface area contributed by atoms with E-state index >= 15 is 0 Å². The third-order valence-electron chi connectivity index (χ3n) is 5.07. The molecule has 0 aliphatic carbocycles. The molecule has 2 aromatic carbocycles. The van der Waals surface area contributed by atoms with Gasteiger partial charge in [0.15, 0.2) is 17.3 Å². The molecule has 3 aliphatic rings. The van der Waals surface area contributed by atoms with E-state index in [4.69, 9.17) is 13.6 Å². The van der Waals surface area contributed by atoms with Crippen LogP contribution in [0.4, 0.5) is 11.4 Å². The zero-order valence-corrected chi connectivity index (χ0v) is 18.3. The topological polar surface area (TPSA) is 85.4 Å². The highest BCUT2D eigenvalue weighted by Crippen LogP contribution is 2.73. The SMILES string of the molecule is CCC(=O)c1c2c3c4c(c1OP(=O)(O2)O3)Sc1ccccc1N4C(=O)CCN(C)C. The lowest BCUT2D eigenvalue weighted by Gasteiger charge is -2.33. The van der Waals surface area contributed by atoms with Crippen LogP contribution in [0.5, 0.6) is 17.2 Å². The maximum Gasteiger partial charge on any atom is 0.647 e. The van der Waals surface area contributed by atoms with Crippen LogP contribution in [-0.2, 0) is 9.36 Å². The Morgan fingerprint density at radius 3 is 2.53 bits per heavy atom. The monoisotopic (exact) mass is 446 g/mol. The second-order valence-electron chi connectivity index (χ2n) is 7.39. The van der Waals surface area contributed by atoms with Crippen LogP contribution >= 0.6 is 19.6 Å². The molecular weight excluding hydrogens is 427 g/mol. The zero-order valence-electron chi connectivity index (χ0n) is 16.6. The van der Waals surface area contributed by atoms with Crippen LogP contribution < -0.4 is 18.5 Å². The second-order valence-corrected chi connectivity index (χ2v) is 9.88. The maximum atomic E-state index is 13.3. The van der Waals surface area contributed by atoms with Crippen LogP contribution in [0.2, 0.25) is 0 Å². The molecule has 3 aliphatic heterocycles. The first-order valence-electron chi connectivity index (χ1n) is 9.53. The van der Waals surface area contributed by atoms with Crippen molar-refractivity contribution in [3.05, 3.63) is 29.8 Å². The highest BCUT2D eigenvalue weighted by Gasteiger charge is 2.55. The standard InChI is InChI=1S/C20H19N2O6PS/c1-4-12(23)15-17-19-16-20(18(15)27-29(25,26-17)28-19)30-13-8-6-5-7-11(13)22(16)14(24)9-10-21(2)3/h5-8H,4,9-10H2,1-3H3. The summed E-state index contributed by atoms with van der Waals surface area (Å²) in [5.74, 6) is 0.0631. The van der Waals surface area contributed by atoms with Crippen LogP contribution in [0.1, 0.15) is 30.1 Å². The number of hydrogen-bond donors (Lipinski definition) is 0. The molecule has 156 valence electrons. The Morgan fingerprint density at radius 2 is 1.80 bits per heavy atom. The van der Waals surface area contributed by atoms with Crippen molar-refractivity contribution in [1.29, 1.82) is 0 Å². The normalized spacial score (nSPS) is 19.7. The number of para-hydroxylation sites is 1. The molecule has 8 nitrogen and oxygen atoms in total. The highest BCUT2D eigenvalue weighted by atomic mass is 32.2. The van der Waals surface area contributed by atoms with E-state index in [1.807, 2.05) is 43.3 Å². The van der Waals surface area contributed by atoms with E-state index in [1.165, 1.54) is 11.8 Å². The van der Waals surface area contributed by atoms with Crippen molar-refractivity contribution in [3.63, 3.8) is 0 Å². The van der Waals surface area contributed by atoms with Gasteiger partial charge in [-0.3, -0.25) is 14.5 Å². The van der Waals surface area contributed by atoms with E-state index in [9.17, 15) is 14.2 Å². The van der Waals surface area contributed by atoms with Gasteiger partial charge in [-0.1, -0.05) is 30.8 Å². The molecule has 2 aromatic rings. The molecular formula is C20H19N2O6PS. The molecule has 1 atom stereocenters. The number of hydrogen-bond acceptors (Lipinski definition) is 8. The van der Waals surface area contributed by atoms with Crippen molar-refractivity contribution in [2.45, 2.75) is 29.6 Å². The molecule has 0 saturated heterocycles. The van der Waals surface area contributed by atoms with Gasteiger partial charge in [0.2, 0.25) is 11.7 Å². The second kappa shape index (κ2) is 6.77. The van der Waals surface area contributed by atoms with Crippen molar-refractivity contribution in [1.82, 2.24) is 4.90 Å². The number of fused-ring (bicyclic) bond motifs is 6. The Hall–Kier alpha value is -2.48. The first kappa shape index (κ1) is 19.5. The molecule has 0 aromatic heterocycles. The summed E-state index contributed by atoms with van der Waals surface area (Å²) in [6.45, 7) is 2.29. The van der Waals surface area contributed by atoms with Crippen molar-refractivity contribution in [3.8, 4) is 17.2 Å². The molecule has 0 spiro atoms. The van der Waals surface area contributed by atoms with E-state index in [1.54, 1.807) is 11.8 Å². The number of phosphoric acid groups is 1. The summed E-state index contributed by atoms with van der Waals surface area (Å²) in [6, 6.07) is 7.48. The van der Waals surface area contributed by atoms with E-state index in [0.717, 1.165) is 4.90 Å². The Balaban J connectivity index is 1.75. The van der Waals surface area contributed by atoms with Crippen LogP contribution in [0.3, 0.4) is 0 Å². The minimum absolute atomic E-state index is 0.107. The molecule has 30 heavy (non-hydrogen) atoms.